The molecule has 0 saturated carbocycles. The summed E-state index contributed by atoms with van der Waals surface area (Å²) in [4.78, 5) is 23.7. The van der Waals surface area contributed by atoms with Gasteiger partial charge in [-0.3, -0.25) is 9.59 Å². The van der Waals surface area contributed by atoms with E-state index < -0.39 is 11.8 Å². The number of carbonyl (C=O) groups is 1. The van der Waals surface area contributed by atoms with E-state index in [0.29, 0.717) is 16.5 Å². The van der Waals surface area contributed by atoms with Crippen molar-refractivity contribution in [3.63, 3.8) is 0 Å². The molecule has 3 rings (SSSR count). The molecule has 0 saturated heterocycles. The zero-order valence-corrected chi connectivity index (χ0v) is 17.9. The van der Waals surface area contributed by atoms with Gasteiger partial charge in [0.05, 0.1) is 18.5 Å². The van der Waals surface area contributed by atoms with Crippen molar-refractivity contribution in [3.8, 4) is 0 Å². The van der Waals surface area contributed by atoms with Gasteiger partial charge in [-0.2, -0.15) is 0 Å². The van der Waals surface area contributed by atoms with Crippen molar-refractivity contribution < 1.29 is 14.3 Å². The van der Waals surface area contributed by atoms with Gasteiger partial charge < -0.3 is 9.67 Å². The van der Waals surface area contributed by atoms with Gasteiger partial charge in [-0.1, -0.05) is 0 Å². The Morgan fingerprint density at radius 3 is 2.35 bits per heavy atom. The first kappa shape index (κ1) is 19.3. The Labute approximate surface area is 173 Å². The molecule has 0 aliphatic carbocycles. The van der Waals surface area contributed by atoms with Crippen molar-refractivity contribution in [3.05, 3.63) is 77.1 Å². The summed E-state index contributed by atoms with van der Waals surface area (Å²) in [5.74, 6) is -1.56. The number of aromatic nitrogens is 1. The Balaban J connectivity index is 2.19. The maximum Gasteiger partial charge on any atom is 0.307 e. The Hall–Kier alpha value is -1.51. The highest BCUT2D eigenvalue weighted by atomic mass is 79.9. The van der Waals surface area contributed by atoms with Gasteiger partial charge in [0, 0.05) is 24.9 Å². The summed E-state index contributed by atoms with van der Waals surface area (Å²) in [6, 6.07) is 9.04. The molecule has 0 amide bonds. The van der Waals surface area contributed by atoms with E-state index in [1.54, 1.807) is 0 Å². The van der Waals surface area contributed by atoms with Gasteiger partial charge in [-0.25, -0.2) is 4.39 Å². The van der Waals surface area contributed by atoms with Crippen LogP contribution in [0.1, 0.15) is 11.1 Å². The fraction of sp³-hybridized carbons (Fsp3) is 0.111. The van der Waals surface area contributed by atoms with Crippen molar-refractivity contribution in [1.82, 2.24) is 4.57 Å². The summed E-state index contributed by atoms with van der Waals surface area (Å²) in [6.45, 7) is 0.263. The van der Waals surface area contributed by atoms with Crippen LogP contribution in [0.4, 0.5) is 4.39 Å². The zero-order valence-electron chi connectivity index (χ0n) is 13.1. The predicted octanol–water partition coefficient (Wildman–Crippen LogP) is 5.10. The van der Waals surface area contributed by atoms with E-state index in [0.717, 1.165) is 19.0 Å². The maximum absolute atomic E-state index is 13.7. The number of halogens is 4. The van der Waals surface area contributed by atoms with E-state index in [1.165, 1.54) is 28.8 Å². The van der Waals surface area contributed by atoms with Crippen LogP contribution in [0.5, 0.6) is 0 Å². The quantitative estimate of drug-likeness (QED) is 0.462. The first-order valence-electron chi connectivity index (χ1n) is 7.43. The molecule has 1 N–H and O–H groups in total. The number of pyridine rings is 1. The van der Waals surface area contributed by atoms with Gasteiger partial charge in [0.25, 0.3) is 5.56 Å². The second-order valence-corrected chi connectivity index (χ2v) is 8.20. The molecule has 8 heteroatoms. The molecule has 0 fully saturated rings. The zero-order chi connectivity index (χ0) is 19.0. The van der Waals surface area contributed by atoms with Gasteiger partial charge in [-0.05, 0) is 89.2 Å². The molecular weight excluding hydrogens is 537 g/mol. The van der Waals surface area contributed by atoms with Gasteiger partial charge in [0.2, 0.25) is 0 Å². The van der Waals surface area contributed by atoms with Gasteiger partial charge in [-0.15, -0.1) is 0 Å². The van der Waals surface area contributed by atoms with Crippen molar-refractivity contribution in [2.24, 2.45) is 0 Å². The van der Waals surface area contributed by atoms with Crippen LogP contribution in [0.2, 0.25) is 0 Å². The molecule has 0 aliphatic heterocycles. The van der Waals surface area contributed by atoms with E-state index in [9.17, 15) is 14.0 Å². The average Bonchev–Trinajstić information content (AvgIpc) is 2.55. The van der Waals surface area contributed by atoms with Crippen LogP contribution in [0.15, 0.2) is 54.6 Å². The third kappa shape index (κ3) is 3.92. The number of nitrogens with zero attached hydrogens (tertiary/aromatic N) is 1. The predicted molar refractivity (Wildman–Crippen MR) is 108 cm³/mol. The molecular formula is C18H11Br3FNO3. The lowest BCUT2D eigenvalue weighted by atomic mass is 10.1. The third-order valence-corrected chi connectivity index (χ3v) is 7.05. The fourth-order valence-corrected chi connectivity index (χ4v) is 4.29. The maximum atomic E-state index is 13.7. The molecule has 0 bridgehead atoms. The minimum Gasteiger partial charge on any atom is -0.481 e. The number of rotatable bonds is 4. The summed E-state index contributed by atoms with van der Waals surface area (Å²) in [6.07, 6.45) is -0.342. The highest BCUT2D eigenvalue weighted by Crippen LogP contribution is 2.32. The number of hydrogen-bond donors (Lipinski definition) is 1. The number of carboxylic acids is 1. The van der Waals surface area contributed by atoms with E-state index >= 15 is 0 Å². The Morgan fingerprint density at radius 1 is 1.08 bits per heavy atom. The molecule has 2 aromatic carbocycles. The van der Waals surface area contributed by atoms with Crippen LogP contribution in [0.3, 0.4) is 0 Å². The van der Waals surface area contributed by atoms with Crippen LogP contribution < -0.4 is 5.56 Å². The topological polar surface area (TPSA) is 59.3 Å². The normalized spacial score (nSPS) is 11.1. The average molecular weight is 548 g/mol. The lowest BCUT2D eigenvalue weighted by Gasteiger charge is -2.14. The Bertz CT molecular complexity index is 1070. The summed E-state index contributed by atoms with van der Waals surface area (Å²) in [5, 5.41) is 9.48. The number of fused-ring (bicyclic) bond motifs is 1. The Morgan fingerprint density at radius 2 is 1.73 bits per heavy atom. The highest BCUT2D eigenvalue weighted by molar-refractivity contribution is 9.14. The molecule has 3 aromatic rings. The number of carboxylic acid groups (broad SMARTS) is 1. The minimum absolute atomic E-state index is 0.263. The largest absolute Gasteiger partial charge is 0.481 e. The van der Waals surface area contributed by atoms with Crippen LogP contribution in [0.25, 0.3) is 10.9 Å². The number of aliphatic carboxylic acids is 1. The SMILES string of the molecule is O=C(O)Cc1cc(=O)n(Cc2cc(Br)c(Br)c(Br)c2)c2ccc(F)cc12. The molecule has 0 atom stereocenters. The number of benzene rings is 2. The molecule has 4 nitrogen and oxygen atoms in total. The van der Waals surface area contributed by atoms with E-state index in [4.69, 9.17) is 5.11 Å². The number of hydrogen-bond acceptors (Lipinski definition) is 2. The van der Waals surface area contributed by atoms with Crippen LogP contribution in [0, 0.1) is 5.82 Å². The molecule has 1 heterocycles. The second-order valence-electron chi connectivity index (χ2n) is 5.70. The third-order valence-electron chi connectivity index (χ3n) is 3.89. The van der Waals surface area contributed by atoms with Gasteiger partial charge in [0.1, 0.15) is 5.82 Å². The monoisotopic (exact) mass is 545 g/mol. The first-order chi connectivity index (χ1) is 12.3. The standard InChI is InChI=1S/C18H11Br3FNO3/c19-13-3-9(4-14(20)18(13)21)8-23-15-2-1-11(22)7-12(15)10(5-16(23)24)6-17(25)26/h1-5,7H,6,8H2,(H,25,26). The summed E-state index contributed by atoms with van der Waals surface area (Å²) in [5.41, 5.74) is 1.30. The molecule has 134 valence electrons. The van der Waals surface area contributed by atoms with Crippen LogP contribution in [-0.2, 0) is 17.8 Å². The van der Waals surface area contributed by atoms with Crippen molar-refractivity contribution >= 4 is 64.7 Å². The van der Waals surface area contributed by atoms with E-state index in [-0.39, 0.29) is 18.5 Å². The Kier molecular flexibility index (Phi) is 5.64. The molecule has 0 aliphatic rings. The molecule has 26 heavy (non-hydrogen) atoms. The van der Waals surface area contributed by atoms with Crippen molar-refractivity contribution in [2.45, 2.75) is 13.0 Å². The van der Waals surface area contributed by atoms with Gasteiger partial charge in [0.15, 0.2) is 0 Å². The summed E-state index contributed by atoms with van der Waals surface area (Å²) < 4.78 is 17.7. The van der Waals surface area contributed by atoms with E-state index in [1.807, 2.05) is 12.1 Å². The van der Waals surface area contributed by atoms with Crippen molar-refractivity contribution in [1.29, 1.82) is 0 Å². The molecule has 1 aromatic heterocycles. The molecule has 0 unspecified atom stereocenters. The lowest BCUT2D eigenvalue weighted by Crippen LogP contribution is -2.22. The fourth-order valence-electron chi connectivity index (χ4n) is 2.78. The minimum atomic E-state index is -1.08. The van der Waals surface area contributed by atoms with Gasteiger partial charge >= 0.3 is 5.97 Å². The lowest BCUT2D eigenvalue weighted by molar-refractivity contribution is -0.136. The van der Waals surface area contributed by atoms with Crippen molar-refractivity contribution in [2.75, 3.05) is 0 Å². The first-order valence-corrected chi connectivity index (χ1v) is 9.81. The summed E-state index contributed by atoms with van der Waals surface area (Å²) in [7, 11) is 0. The molecule has 0 spiro atoms. The molecule has 0 radical (unpaired) electrons. The highest BCUT2D eigenvalue weighted by Gasteiger charge is 2.14. The van der Waals surface area contributed by atoms with E-state index in [2.05, 4.69) is 47.8 Å². The summed E-state index contributed by atoms with van der Waals surface area (Å²) >= 11 is 10.3. The van der Waals surface area contributed by atoms with Crippen LogP contribution >= 0.6 is 47.8 Å². The smallest absolute Gasteiger partial charge is 0.307 e. The van der Waals surface area contributed by atoms with Crippen LogP contribution in [-0.4, -0.2) is 15.6 Å². The second kappa shape index (κ2) is 7.62.